The molecule has 0 aromatic heterocycles. The van der Waals surface area contributed by atoms with E-state index < -0.39 is 17.8 Å². The summed E-state index contributed by atoms with van der Waals surface area (Å²) in [5, 5.41) is 15.6. The van der Waals surface area contributed by atoms with Crippen LogP contribution >= 0.6 is 12.4 Å². The molecule has 0 aliphatic carbocycles. The number of benzene rings is 1. The molecule has 0 bridgehead atoms. The zero-order chi connectivity index (χ0) is 17.6. The Morgan fingerprint density at radius 2 is 2.20 bits per heavy atom. The number of amides is 1. The minimum absolute atomic E-state index is 0. The summed E-state index contributed by atoms with van der Waals surface area (Å²) in [4.78, 5) is 11.7. The molecule has 2 atom stereocenters. The highest BCUT2D eigenvalue weighted by Gasteiger charge is 2.30. The summed E-state index contributed by atoms with van der Waals surface area (Å²) in [6.07, 6.45) is -3.10. The van der Waals surface area contributed by atoms with Crippen LogP contribution in [0.3, 0.4) is 0 Å². The average molecular weight is 383 g/mol. The molecule has 1 aromatic carbocycles. The summed E-state index contributed by atoms with van der Waals surface area (Å²) < 4.78 is 42.9. The van der Waals surface area contributed by atoms with Gasteiger partial charge in [0, 0.05) is 19.0 Å². The van der Waals surface area contributed by atoms with Crippen LogP contribution in [-0.4, -0.2) is 42.9 Å². The maximum absolute atomic E-state index is 12.6. The van der Waals surface area contributed by atoms with Crippen LogP contribution in [0.15, 0.2) is 24.3 Å². The van der Waals surface area contributed by atoms with Gasteiger partial charge < -0.3 is 20.5 Å². The lowest BCUT2D eigenvalue weighted by atomic mass is 10.1. The van der Waals surface area contributed by atoms with E-state index in [-0.39, 0.29) is 43.3 Å². The minimum Gasteiger partial charge on any atom is -0.491 e. The molecule has 1 fully saturated rings. The molecule has 9 heteroatoms. The number of nitrogens with one attached hydrogen (secondary N) is 2. The van der Waals surface area contributed by atoms with Crippen molar-refractivity contribution < 1.29 is 27.8 Å². The van der Waals surface area contributed by atoms with Crippen molar-refractivity contribution in [2.75, 3.05) is 19.7 Å². The van der Waals surface area contributed by atoms with Gasteiger partial charge in [-0.25, -0.2) is 0 Å². The second-order valence-electron chi connectivity index (χ2n) is 5.79. The molecule has 1 aliphatic heterocycles. The van der Waals surface area contributed by atoms with Crippen LogP contribution in [0.4, 0.5) is 13.2 Å². The second-order valence-corrected chi connectivity index (χ2v) is 5.79. The Kier molecular flexibility index (Phi) is 8.47. The Balaban J connectivity index is 0.00000312. The summed E-state index contributed by atoms with van der Waals surface area (Å²) >= 11 is 0. The third kappa shape index (κ3) is 7.50. The van der Waals surface area contributed by atoms with Gasteiger partial charge in [-0.15, -0.1) is 12.4 Å². The number of aliphatic hydroxyl groups is 1. The Labute approximate surface area is 150 Å². The molecule has 5 nitrogen and oxygen atoms in total. The fourth-order valence-electron chi connectivity index (χ4n) is 2.47. The smallest absolute Gasteiger partial charge is 0.416 e. The second kappa shape index (κ2) is 9.84. The first-order valence-corrected chi connectivity index (χ1v) is 7.83. The molecule has 142 valence electrons. The van der Waals surface area contributed by atoms with E-state index in [9.17, 15) is 23.1 Å². The van der Waals surface area contributed by atoms with Crippen LogP contribution in [0.5, 0.6) is 5.75 Å². The third-order valence-corrected chi connectivity index (χ3v) is 3.73. The van der Waals surface area contributed by atoms with Crippen molar-refractivity contribution in [3.05, 3.63) is 29.8 Å². The van der Waals surface area contributed by atoms with Crippen molar-refractivity contribution in [2.45, 2.75) is 37.6 Å². The Morgan fingerprint density at radius 3 is 2.84 bits per heavy atom. The van der Waals surface area contributed by atoms with Gasteiger partial charge >= 0.3 is 6.18 Å². The molecule has 0 radical (unpaired) electrons. The van der Waals surface area contributed by atoms with Gasteiger partial charge in [0.15, 0.2) is 0 Å². The highest BCUT2D eigenvalue weighted by atomic mass is 35.5. The SMILES string of the molecule is Cl.O=C(CC1CCCN1)NCC(O)COc1cccc(C(F)(F)F)c1. The molecule has 1 saturated heterocycles. The van der Waals surface area contributed by atoms with E-state index in [2.05, 4.69) is 10.6 Å². The zero-order valence-electron chi connectivity index (χ0n) is 13.5. The first-order valence-electron chi connectivity index (χ1n) is 7.83. The molecular formula is C16H22ClF3N2O3. The fourth-order valence-corrected chi connectivity index (χ4v) is 2.47. The Bertz CT molecular complexity index is 552. The number of hydrogen-bond donors (Lipinski definition) is 3. The predicted octanol–water partition coefficient (Wildman–Crippen LogP) is 2.13. The van der Waals surface area contributed by atoms with Crippen molar-refractivity contribution in [3.8, 4) is 5.75 Å². The monoisotopic (exact) mass is 382 g/mol. The maximum atomic E-state index is 12.6. The minimum atomic E-state index is -4.44. The van der Waals surface area contributed by atoms with E-state index in [1.54, 1.807) is 0 Å². The topological polar surface area (TPSA) is 70.6 Å². The number of halogens is 4. The first kappa shape index (κ1) is 21.5. The quantitative estimate of drug-likeness (QED) is 0.675. The lowest BCUT2D eigenvalue weighted by Crippen LogP contribution is -2.38. The summed E-state index contributed by atoms with van der Waals surface area (Å²) in [5.41, 5.74) is -0.813. The Morgan fingerprint density at radius 1 is 1.44 bits per heavy atom. The van der Waals surface area contributed by atoms with Crippen LogP contribution < -0.4 is 15.4 Å². The largest absolute Gasteiger partial charge is 0.491 e. The van der Waals surface area contributed by atoms with Crippen LogP contribution in [-0.2, 0) is 11.0 Å². The number of aliphatic hydroxyl groups excluding tert-OH is 1. The van der Waals surface area contributed by atoms with Gasteiger partial charge in [-0.1, -0.05) is 6.07 Å². The van der Waals surface area contributed by atoms with E-state index in [1.165, 1.54) is 12.1 Å². The van der Waals surface area contributed by atoms with Crippen LogP contribution in [0, 0.1) is 0 Å². The molecule has 1 aromatic rings. The molecular weight excluding hydrogens is 361 g/mol. The van der Waals surface area contributed by atoms with E-state index >= 15 is 0 Å². The van der Waals surface area contributed by atoms with Gasteiger partial charge in [0.05, 0.1) is 5.56 Å². The van der Waals surface area contributed by atoms with Gasteiger partial charge in [-0.2, -0.15) is 13.2 Å². The number of hydrogen-bond acceptors (Lipinski definition) is 4. The number of ether oxygens (including phenoxy) is 1. The number of alkyl halides is 3. The predicted molar refractivity (Wildman–Crippen MR) is 88.8 cm³/mol. The number of carbonyl (C=O) groups is 1. The lowest BCUT2D eigenvalue weighted by Gasteiger charge is -2.15. The van der Waals surface area contributed by atoms with Gasteiger partial charge in [-0.3, -0.25) is 4.79 Å². The highest BCUT2D eigenvalue weighted by molar-refractivity contribution is 5.85. The van der Waals surface area contributed by atoms with Crippen molar-refractivity contribution in [3.63, 3.8) is 0 Å². The van der Waals surface area contributed by atoms with E-state index in [4.69, 9.17) is 4.74 Å². The van der Waals surface area contributed by atoms with Crippen molar-refractivity contribution in [1.29, 1.82) is 0 Å². The highest BCUT2D eigenvalue weighted by Crippen LogP contribution is 2.31. The van der Waals surface area contributed by atoms with Gasteiger partial charge in [0.2, 0.25) is 5.91 Å². The van der Waals surface area contributed by atoms with E-state index in [1.807, 2.05) is 0 Å². The van der Waals surface area contributed by atoms with Gasteiger partial charge in [0.25, 0.3) is 0 Å². The molecule has 1 aliphatic rings. The molecule has 0 saturated carbocycles. The standard InChI is InChI=1S/C16H21F3N2O3.ClH/c17-16(18,19)11-3-1-5-14(7-11)24-10-13(22)9-21-15(23)8-12-4-2-6-20-12;/h1,3,5,7,12-13,20,22H,2,4,6,8-10H2,(H,21,23);1H. The van der Waals surface area contributed by atoms with Crippen molar-refractivity contribution in [1.82, 2.24) is 10.6 Å². The molecule has 1 amide bonds. The van der Waals surface area contributed by atoms with Gasteiger partial charge in [-0.05, 0) is 37.6 Å². The van der Waals surface area contributed by atoms with E-state index in [0.29, 0.717) is 6.42 Å². The summed E-state index contributed by atoms with van der Waals surface area (Å²) in [6, 6.07) is 4.61. The molecule has 1 heterocycles. The van der Waals surface area contributed by atoms with Crippen LogP contribution in [0.1, 0.15) is 24.8 Å². The molecule has 2 unspecified atom stereocenters. The van der Waals surface area contributed by atoms with Crippen LogP contribution in [0.2, 0.25) is 0 Å². The van der Waals surface area contributed by atoms with E-state index in [0.717, 1.165) is 31.5 Å². The lowest BCUT2D eigenvalue weighted by molar-refractivity contribution is -0.137. The summed E-state index contributed by atoms with van der Waals surface area (Å²) in [7, 11) is 0. The zero-order valence-corrected chi connectivity index (χ0v) is 14.3. The fraction of sp³-hybridized carbons (Fsp3) is 0.562. The molecule has 25 heavy (non-hydrogen) atoms. The Hall–Kier alpha value is -1.51. The molecule has 0 spiro atoms. The first-order chi connectivity index (χ1) is 11.3. The average Bonchev–Trinajstić information content (AvgIpc) is 3.03. The third-order valence-electron chi connectivity index (χ3n) is 3.73. The van der Waals surface area contributed by atoms with Crippen molar-refractivity contribution >= 4 is 18.3 Å². The maximum Gasteiger partial charge on any atom is 0.416 e. The van der Waals surface area contributed by atoms with Gasteiger partial charge in [0.1, 0.15) is 18.5 Å². The normalized spacial score (nSPS) is 18.3. The molecule has 2 rings (SSSR count). The molecule has 3 N–H and O–H groups in total. The number of rotatable bonds is 7. The van der Waals surface area contributed by atoms with Crippen molar-refractivity contribution in [2.24, 2.45) is 0 Å². The number of carbonyl (C=O) groups excluding carboxylic acids is 1. The summed E-state index contributed by atoms with van der Waals surface area (Å²) in [5.74, 6) is -0.155. The van der Waals surface area contributed by atoms with Crippen LogP contribution in [0.25, 0.3) is 0 Å². The summed E-state index contributed by atoms with van der Waals surface area (Å²) in [6.45, 7) is 0.694.